The van der Waals surface area contributed by atoms with Gasteiger partial charge in [-0.15, -0.1) is 0 Å². The first-order valence-corrected chi connectivity index (χ1v) is 8.89. The van der Waals surface area contributed by atoms with Crippen LogP contribution >= 0.6 is 0 Å². The van der Waals surface area contributed by atoms with Crippen LogP contribution in [0, 0.1) is 0 Å². The van der Waals surface area contributed by atoms with Crippen LogP contribution in [0.2, 0.25) is 0 Å². The lowest BCUT2D eigenvalue weighted by molar-refractivity contribution is 0.125. The molecular formula is C23H25NO. The van der Waals surface area contributed by atoms with Crippen molar-refractivity contribution in [1.29, 1.82) is 0 Å². The molecule has 0 bridgehead atoms. The Morgan fingerprint density at radius 2 is 1.04 bits per heavy atom. The van der Waals surface area contributed by atoms with E-state index in [9.17, 15) is 5.11 Å². The average molecular weight is 331 g/mol. The molecule has 0 atom stereocenters. The predicted octanol–water partition coefficient (Wildman–Crippen LogP) is 4.82. The van der Waals surface area contributed by atoms with E-state index in [0.29, 0.717) is 0 Å². The van der Waals surface area contributed by atoms with Gasteiger partial charge in [0.05, 0.1) is 0 Å². The summed E-state index contributed by atoms with van der Waals surface area (Å²) in [6.07, 6.45) is 0. The fourth-order valence-electron chi connectivity index (χ4n) is 3.36. The van der Waals surface area contributed by atoms with E-state index in [1.54, 1.807) is 0 Å². The molecule has 1 N–H and O–H groups in total. The van der Waals surface area contributed by atoms with E-state index in [4.69, 9.17) is 0 Å². The normalized spacial score (nSPS) is 11.3. The van der Waals surface area contributed by atoms with Crippen LogP contribution in [0.25, 0.3) is 0 Å². The van der Waals surface area contributed by atoms with Gasteiger partial charge >= 0.3 is 0 Å². The number of aliphatic hydroxyl groups is 1. The molecule has 0 aromatic heterocycles. The van der Waals surface area contributed by atoms with Gasteiger partial charge in [-0.2, -0.15) is 0 Å². The Balaban J connectivity index is 2.10. The van der Waals surface area contributed by atoms with Crippen molar-refractivity contribution in [3.63, 3.8) is 0 Å². The van der Waals surface area contributed by atoms with Crippen molar-refractivity contribution in [2.75, 3.05) is 18.0 Å². The Bertz CT molecular complexity index is 738. The molecule has 0 fully saturated rings. The largest absolute Gasteiger partial charge is 0.376 e. The van der Waals surface area contributed by atoms with Crippen LogP contribution in [-0.2, 0) is 5.60 Å². The second-order valence-corrected chi connectivity index (χ2v) is 6.16. The third-order valence-corrected chi connectivity index (χ3v) is 4.80. The van der Waals surface area contributed by atoms with Gasteiger partial charge in [0.1, 0.15) is 5.60 Å². The first kappa shape index (κ1) is 17.2. The minimum Gasteiger partial charge on any atom is -0.376 e. The van der Waals surface area contributed by atoms with Gasteiger partial charge in [0, 0.05) is 18.8 Å². The number of hydrogen-bond donors (Lipinski definition) is 1. The molecule has 2 nitrogen and oxygen atoms in total. The molecule has 128 valence electrons. The zero-order valence-electron chi connectivity index (χ0n) is 14.9. The smallest absolute Gasteiger partial charge is 0.140 e. The summed E-state index contributed by atoms with van der Waals surface area (Å²) in [5.41, 5.74) is 2.64. The average Bonchev–Trinajstić information content (AvgIpc) is 2.70. The number of nitrogens with zero attached hydrogens (tertiary/aromatic N) is 1. The number of hydrogen-bond acceptors (Lipinski definition) is 2. The Hall–Kier alpha value is -2.58. The summed E-state index contributed by atoms with van der Waals surface area (Å²) >= 11 is 0. The molecular weight excluding hydrogens is 306 g/mol. The second kappa shape index (κ2) is 7.54. The molecule has 0 saturated heterocycles. The van der Waals surface area contributed by atoms with Crippen LogP contribution in [0.15, 0.2) is 84.9 Å². The van der Waals surface area contributed by atoms with Gasteiger partial charge in [-0.1, -0.05) is 72.8 Å². The van der Waals surface area contributed by atoms with Crippen molar-refractivity contribution in [1.82, 2.24) is 0 Å². The third-order valence-electron chi connectivity index (χ3n) is 4.80. The topological polar surface area (TPSA) is 23.5 Å². The summed E-state index contributed by atoms with van der Waals surface area (Å²) in [5.74, 6) is 0. The Labute approximate surface area is 150 Å². The fourth-order valence-corrected chi connectivity index (χ4v) is 3.36. The predicted molar refractivity (Wildman–Crippen MR) is 105 cm³/mol. The summed E-state index contributed by atoms with van der Waals surface area (Å²) in [7, 11) is 0. The van der Waals surface area contributed by atoms with Gasteiger partial charge in [-0.3, -0.25) is 0 Å². The molecule has 0 aliphatic carbocycles. The minimum atomic E-state index is -1.16. The van der Waals surface area contributed by atoms with Gasteiger partial charge in [0.25, 0.3) is 0 Å². The van der Waals surface area contributed by atoms with Crippen molar-refractivity contribution in [3.05, 3.63) is 102 Å². The molecule has 3 aromatic rings. The van der Waals surface area contributed by atoms with E-state index in [-0.39, 0.29) is 0 Å². The van der Waals surface area contributed by atoms with Crippen molar-refractivity contribution in [2.45, 2.75) is 19.4 Å². The molecule has 3 aromatic carbocycles. The lowest BCUT2D eigenvalue weighted by Gasteiger charge is -2.31. The van der Waals surface area contributed by atoms with Crippen LogP contribution in [-0.4, -0.2) is 18.2 Å². The lowest BCUT2D eigenvalue weighted by Crippen LogP contribution is -2.29. The summed E-state index contributed by atoms with van der Waals surface area (Å²) in [6.45, 7) is 6.25. The van der Waals surface area contributed by atoms with E-state index in [1.807, 2.05) is 72.8 Å². The quantitative estimate of drug-likeness (QED) is 0.655. The number of anilines is 1. The summed E-state index contributed by atoms with van der Waals surface area (Å²) in [4.78, 5) is 2.30. The van der Waals surface area contributed by atoms with Crippen molar-refractivity contribution in [3.8, 4) is 0 Å². The molecule has 0 radical (unpaired) electrons. The Morgan fingerprint density at radius 3 is 1.44 bits per heavy atom. The van der Waals surface area contributed by atoms with Gasteiger partial charge in [-0.25, -0.2) is 0 Å². The zero-order valence-corrected chi connectivity index (χ0v) is 14.9. The molecule has 0 aliphatic rings. The Morgan fingerprint density at radius 1 is 0.640 bits per heavy atom. The number of rotatable bonds is 6. The fraction of sp³-hybridized carbons (Fsp3) is 0.217. The first-order chi connectivity index (χ1) is 12.2. The minimum absolute atomic E-state index is 0.872. The van der Waals surface area contributed by atoms with E-state index in [1.165, 1.54) is 5.69 Å². The molecule has 2 heteroatoms. The van der Waals surface area contributed by atoms with Crippen molar-refractivity contribution >= 4 is 5.69 Å². The summed E-state index contributed by atoms with van der Waals surface area (Å²) in [5, 5.41) is 11.8. The maximum absolute atomic E-state index is 11.8. The third kappa shape index (κ3) is 3.31. The molecule has 0 aliphatic heterocycles. The van der Waals surface area contributed by atoms with Crippen molar-refractivity contribution < 1.29 is 5.11 Å². The number of benzene rings is 3. The highest BCUT2D eigenvalue weighted by Crippen LogP contribution is 2.37. The van der Waals surface area contributed by atoms with Crippen LogP contribution in [0.4, 0.5) is 5.69 Å². The van der Waals surface area contributed by atoms with Crippen LogP contribution in [0.5, 0.6) is 0 Å². The highest BCUT2D eigenvalue weighted by atomic mass is 16.3. The van der Waals surface area contributed by atoms with Crippen LogP contribution in [0.3, 0.4) is 0 Å². The van der Waals surface area contributed by atoms with Crippen LogP contribution in [0.1, 0.15) is 30.5 Å². The Kier molecular flexibility index (Phi) is 5.20. The maximum atomic E-state index is 11.8. The maximum Gasteiger partial charge on any atom is 0.140 e. The summed E-state index contributed by atoms with van der Waals surface area (Å²) < 4.78 is 0. The molecule has 0 saturated carbocycles. The lowest BCUT2D eigenvalue weighted by atomic mass is 9.80. The monoisotopic (exact) mass is 331 g/mol. The van der Waals surface area contributed by atoms with Gasteiger partial charge in [0.15, 0.2) is 0 Å². The molecule has 3 rings (SSSR count). The molecule has 25 heavy (non-hydrogen) atoms. The summed E-state index contributed by atoms with van der Waals surface area (Å²) in [6, 6.07) is 28.0. The second-order valence-electron chi connectivity index (χ2n) is 6.16. The molecule has 0 heterocycles. The van der Waals surface area contributed by atoms with E-state index in [2.05, 4.69) is 30.9 Å². The van der Waals surface area contributed by atoms with Crippen LogP contribution < -0.4 is 4.90 Å². The standard InChI is InChI=1S/C23H25NO/c1-3-24(4-2)22-17-15-21(16-18-22)23(25,19-11-7-5-8-12-19)20-13-9-6-10-14-20/h5-18,25H,3-4H2,1-2H3. The van der Waals surface area contributed by atoms with Gasteiger partial charge in [0.2, 0.25) is 0 Å². The highest BCUT2D eigenvalue weighted by Gasteiger charge is 2.33. The first-order valence-electron chi connectivity index (χ1n) is 8.89. The SMILES string of the molecule is CCN(CC)c1ccc(C(O)(c2ccccc2)c2ccccc2)cc1. The van der Waals surface area contributed by atoms with Crippen molar-refractivity contribution in [2.24, 2.45) is 0 Å². The van der Waals surface area contributed by atoms with E-state index >= 15 is 0 Å². The molecule has 0 unspecified atom stereocenters. The van der Waals surface area contributed by atoms with Gasteiger partial charge < -0.3 is 10.0 Å². The van der Waals surface area contributed by atoms with E-state index < -0.39 is 5.60 Å². The molecule has 0 spiro atoms. The molecule has 0 amide bonds. The van der Waals surface area contributed by atoms with E-state index in [0.717, 1.165) is 29.8 Å². The highest BCUT2D eigenvalue weighted by molar-refractivity contribution is 5.53. The van der Waals surface area contributed by atoms with Gasteiger partial charge in [-0.05, 0) is 42.7 Å². The zero-order chi connectivity index (χ0) is 17.7.